The second kappa shape index (κ2) is 10.0. The molecule has 1 aliphatic rings. The van der Waals surface area contributed by atoms with Crippen molar-refractivity contribution >= 4 is 23.4 Å². The highest BCUT2D eigenvalue weighted by Gasteiger charge is 2.34. The van der Waals surface area contributed by atoms with Gasteiger partial charge in [-0.25, -0.2) is 23.1 Å². The van der Waals surface area contributed by atoms with Crippen molar-refractivity contribution < 1.29 is 41.4 Å². The molecule has 5 rings (SSSR count). The van der Waals surface area contributed by atoms with Gasteiger partial charge in [0.1, 0.15) is 17.2 Å². The Hall–Kier alpha value is -4.88. The summed E-state index contributed by atoms with van der Waals surface area (Å²) in [5, 5.41) is 18.1. The molecule has 0 saturated heterocycles. The highest BCUT2D eigenvalue weighted by Crippen LogP contribution is 2.33. The average molecular weight is 559 g/mol. The third kappa shape index (κ3) is 5.07. The van der Waals surface area contributed by atoms with Crippen LogP contribution in [0.5, 0.6) is 0 Å². The number of hydrogen-bond acceptors (Lipinski definition) is 5. The molecule has 2 amide bonds. The molecule has 0 saturated carbocycles. The number of nitrogens with one attached hydrogen (secondary N) is 2. The van der Waals surface area contributed by atoms with Crippen molar-refractivity contribution in [3.8, 4) is 0 Å². The highest BCUT2D eigenvalue weighted by atomic mass is 19.4. The molecule has 0 aliphatic heterocycles. The standard InChI is InChI=1S/C26H18F5N5O4/c27-17-5-1-12(7-16(17)26(29,30)31)10-32-23(37)20-9-21(36-22(34-20)18(28)11-33-36)24(38)35-19-6-3-13-8-14(25(39)40)2-4-15(13)19/h1-2,4-5,7-9,11,19H,3,6,10H2,(H,32,37)(H,35,38)(H,39,40)/t19-/m0/s1. The maximum Gasteiger partial charge on any atom is 0.419 e. The molecule has 0 fully saturated rings. The highest BCUT2D eigenvalue weighted by molar-refractivity contribution is 5.98. The Kier molecular flexibility index (Phi) is 6.69. The van der Waals surface area contributed by atoms with Gasteiger partial charge in [0, 0.05) is 12.6 Å². The van der Waals surface area contributed by atoms with Crippen molar-refractivity contribution in [2.24, 2.45) is 0 Å². The van der Waals surface area contributed by atoms with Gasteiger partial charge in [-0.2, -0.15) is 18.3 Å². The van der Waals surface area contributed by atoms with Crippen molar-refractivity contribution in [1.82, 2.24) is 25.2 Å². The zero-order valence-corrected chi connectivity index (χ0v) is 20.2. The van der Waals surface area contributed by atoms with Gasteiger partial charge in [0.15, 0.2) is 11.5 Å². The van der Waals surface area contributed by atoms with Gasteiger partial charge in [-0.15, -0.1) is 0 Å². The summed E-state index contributed by atoms with van der Waals surface area (Å²) in [7, 11) is 0. The van der Waals surface area contributed by atoms with Crippen LogP contribution in [-0.2, 0) is 19.1 Å². The minimum atomic E-state index is -4.93. The molecule has 1 aliphatic carbocycles. The number of rotatable bonds is 6. The van der Waals surface area contributed by atoms with Crippen molar-refractivity contribution in [3.05, 3.63) is 99.5 Å². The summed E-state index contributed by atoms with van der Waals surface area (Å²) >= 11 is 0. The van der Waals surface area contributed by atoms with Gasteiger partial charge < -0.3 is 15.7 Å². The maximum atomic E-state index is 14.4. The first-order chi connectivity index (χ1) is 18.9. The molecule has 3 N–H and O–H groups in total. The normalized spacial score (nSPS) is 14.7. The van der Waals surface area contributed by atoms with Crippen molar-refractivity contribution in [2.75, 3.05) is 0 Å². The number of carboxylic acid groups (broad SMARTS) is 1. The molecule has 0 spiro atoms. The molecule has 4 aromatic rings. The zero-order chi connectivity index (χ0) is 28.8. The number of alkyl halides is 3. The Balaban J connectivity index is 1.38. The van der Waals surface area contributed by atoms with E-state index in [1.165, 1.54) is 12.1 Å². The molecule has 9 nitrogen and oxygen atoms in total. The van der Waals surface area contributed by atoms with Gasteiger partial charge in [-0.05, 0) is 53.8 Å². The van der Waals surface area contributed by atoms with Crippen molar-refractivity contribution in [3.63, 3.8) is 0 Å². The predicted octanol–water partition coefficient (Wildman–Crippen LogP) is 4.07. The lowest BCUT2D eigenvalue weighted by molar-refractivity contribution is -0.140. The Bertz CT molecular complexity index is 1680. The summed E-state index contributed by atoms with van der Waals surface area (Å²) in [5.74, 6) is -5.13. The van der Waals surface area contributed by atoms with Crippen LogP contribution in [0.3, 0.4) is 0 Å². The molecule has 2 aromatic carbocycles. The van der Waals surface area contributed by atoms with Crippen LogP contribution < -0.4 is 10.6 Å². The molecule has 0 unspecified atom stereocenters. The van der Waals surface area contributed by atoms with E-state index in [1.54, 1.807) is 6.07 Å². The van der Waals surface area contributed by atoms with Crippen LogP contribution in [0, 0.1) is 11.6 Å². The second-order valence-corrected chi connectivity index (χ2v) is 9.03. The first-order valence-corrected chi connectivity index (χ1v) is 11.8. The van der Waals surface area contributed by atoms with E-state index in [0.29, 0.717) is 30.5 Å². The first-order valence-electron chi connectivity index (χ1n) is 11.8. The minimum Gasteiger partial charge on any atom is -0.478 e. The Morgan fingerprint density at radius 2 is 1.80 bits per heavy atom. The van der Waals surface area contributed by atoms with Crippen LogP contribution in [-0.4, -0.2) is 37.5 Å². The maximum absolute atomic E-state index is 14.4. The number of hydrogen-bond donors (Lipinski definition) is 3. The quantitative estimate of drug-likeness (QED) is 0.306. The third-order valence-corrected chi connectivity index (χ3v) is 6.46. The van der Waals surface area contributed by atoms with Gasteiger partial charge >= 0.3 is 12.1 Å². The molecule has 1 atom stereocenters. The van der Waals surface area contributed by atoms with E-state index in [4.69, 9.17) is 0 Å². The molecule has 14 heteroatoms. The van der Waals surface area contributed by atoms with E-state index in [0.717, 1.165) is 28.4 Å². The van der Waals surface area contributed by atoms with E-state index in [1.807, 2.05) is 0 Å². The molecular weight excluding hydrogens is 541 g/mol. The molecule has 0 radical (unpaired) electrons. The van der Waals surface area contributed by atoms with Crippen LogP contribution in [0.25, 0.3) is 5.65 Å². The number of aromatic nitrogens is 3. The molecular formula is C26H18F5N5O4. The first kappa shape index (κ1) is 26.7. The summed E-state index contributed by atoms with van der Waals surface area (Å²) in [5.41, 5.74) is -1.05. The van der Waals surface area contributed by atoms with Gasteiger partial charge in [0.25, 0.3) is 11.8 Å². The number of benzene rings is 2. The van der Waals surface area contributed by atoms with Crippen LogP contribution in [0.1, 0.15) is 66.1 Å². The van der Waals surface area contributed by atoms with Crippen molar-refractivity contribution in [1.29, 1.82) is 0 Å². The lowest BCUT2D eigenvalue weighted by atomic mass is 10.0. The third-order valence-electron chi connectivity index (χ3n) is 6.46. The fourth-order valence-corrected chi connectivity index (χ4v) is 4.52. The number of nitrogens with zero attached hydrogens (tertiary/aromatic N) is 3. The van der Waals surface area contributed by atoms with Gasteiger partial charge in [-0.1, -0.05) is 12.1 Å². The smallest absolute Gasteiger partial charge is 0.419 e. The van der Waals surface area contributed by atoms with E-state index in [9.17, 15) is 41.4 Å². The number of aryl methyl sites for hydroxylation is 1. The number of carbonyl (C=O) groups is 3. The van der Waals surface area contributed by atoms with E-state index < -0.39 is 65.1 Å². The Morgan fingerprint density at radius 3 is 2.52 bits per heavy atom. The minimum absolute atomic E-state index is 0.0531. The Morgan fingerprint density at radius 1 is 1.02 bits per heavy atom. The number of halogens is 5. The van der Waals surface area contributed by atoms with E-state index in [2.05, 4.69) is 20.7 Å². The SMILES string of the molecule is O=C(O)c1ccc2c(c1)CC[C@@H]2NC(=O)c1cc(C(=O)NCc2ccc(F)c(C(F)(F)F)c2)nc2c(F)cnn12. The van der Waals surface area contributed by atoms with E-state index in [-0.39, 0.29) is 16.8 Å². The molecule has 40 heavy (non-hydrogen) atoms. The van der Waals surface area contributed by atoms with Gasteiger partial charge in [0.05, 0.1) is 23.4 Å². The van der Waals surface area contributed by atoms with Crippen molar-refractivity contribution in [2.45, 2.75) is 31.6 Å². The zero-order valence-electron chi connectivity index (χ0n) is 20.2. The van der Waals surface area contributed by atoms with Crippen LogP contribution >= 0.6 is 0 Å². The fourth-order valence-electron chi connectivity index (χ4n) is 4.52. The van der Waals surface area contributed by atoms with Crippen LogP contribution in [0.15, 0.2) is 48.7 Å². The largest absolute Gasteiger partial charge is 0.478 e. The molecule has 206 valence electrons. The summed E-state index contributed by atoms with van der Waals surface area (Å²) in [6.45, 7) is -0.435. The van der Waals surface area contributed by atoms with Crippen LogP contribution in [0.2, 0.25) is 0 Å². The predicted molar refractivity (Wildman–Crippen MR) is 127 cm³/mol. The average Bonchev–Trinajstić information content (AvgIpc) is 3.49. The monoisotopic (exact) mass is 559 g/mol. The number of carbonyl (C=O) groups excluding carboxylic acids is 2. The lowest BCUT2D eigenvalue weighted by Gasteiger charge is -2.15. The summed E-state index contributed by atoms with van der Waals surface area (Å²) < 4.78 is 67.9. The number of fused-ring (bicyclic) bond motifs is 2. The van der Waals surface area contributed by atoms with Crippen LogP contribution in [0.4, 0.5) is 22.0 Å². The van der Waals surface area contributed by atoms with E-state index >= 15 is 0 Å². The second-order valence-electron chi connectivity index (χ2n) is 9.03. The summed E-state index contributed by atoms with van der Waals surface area (Å²) in [6, 6.07) is 7.36. The lowest BCUT2D eigenvalue weighted by Crippen LogP contribution is -2.30. The number of amides is 2. The van der Waals surface area contributed by atoms with Gasteiger partial charge in [0.2, 0.25) is 0 Å². The number of aromatic carboxylic acids is 1. The topological polar surface area (TPSA) is 126 Å². The Labute approximate surface area is 221 Å². The van der Waals surface area contributed by atoms with Gasteiger partial charge in [-0.3, -0.25) is 9.59 Å². The summed E-state index contributed by atoms with van der Waals surface area (Å²) in [6.07, 6.45) is -3.15. The fraction of sp³-hybridized carbons (Fsp3) is 0.192. The summed E-state index contributed by atoms with van der Waals surface area (Å²) in [4.78, 5) is 41.2. The number of carboxylic acids is 1. The molecule has 2 heterocycles. The molecule has 0 bridgehead atoms. The molecule has 2 aromatic heterocycles.